The minimum Gasteiger partial charge on any atom is -0.261 e. The lowest BCUT2D eigenvalue weighted by Gasteiger charge is -2.24. The van der Waals surface area contributed by atoms with E-state index in [1.807, 2.05) is 0 Å². The fraction of sp³-hybridized carbons (Fsp3) is 0.120. The topological polar surface area (TPSA) is 25.8 Å². The van der Waals surface area contributed by atoms with Crippen LogP contribution in [0.4, 0.5) is 0 Å². The molecule has 9 rings (SSSR count). The van der Waals surface area contributed by atoms with Gasteiger partial charge in [0.15, 0.2) is 0 Å². The standard InChI is InChI=1S/C50H40N2/c1-29-17-30(2)19-37(18-29)38-22-43-39(35-13-9-7-10-14-35)24-45-41(47-27-51-33(5)20-31(47)3)26-42(48-28-52-34(6)21-32(48)4)46-25-40(36-15-11-8-12-16-36)44(23-38)49(43)50(45)46/h7-28H,1-6H3. The van der Waals surface area contributed by atoms with Crippen LogP contribution in [-0.4, -0.2) is 9.97 Å². The average Bonchev–Trinajstić information content (AvgIpc) is 3.14. The van der Waals surface area contributed by atoms with E-state index in [1.54, 1.807) is 0 Å². The maximum Gasteiger partial charge on any atom is 0.0375 e. The summed E-state index contributed by atoms with van der Waals surface area (Å²) in [6.07, 6.45) is 4.13. The highest BCUT2D eigenvalue weighted by atomic mass is 14.7. The van der Waals surface area contributed by atoms with E-state index in [1.165, 1.54) is 99.1 Å². The van der Waals surface area contributed by atoms with Crippen LogP contribution in [0.25, 0.3) is 88.0 Å². The molecule has 0 bridgehead atoms. The number of rotatable bonds is 5. The zero-order valence-corrected chi connectivity index (χ0v) is 30.6. The summed E-state index contributed by atoms with van der Waals surface area (Å²) in [4.78, 5) is 9.68. The van der Waals surface area contributed by atoms with E-state index in [2.05, 4.69) is 175 Å². The number of nitrogens with zero attached hydrogens (tertiary/aromatic N) is 2. The van der Waals surface area contributed by atoms with Gasteiger partial charge in [-0.25, -0.2) is 0 Å². The molecule has 0 aliphatic carbocycles. The molecule has 250 valence electrons. The number of hydrogen-bond donors (Lipinski definition) is 0. The zero-order valence-electron chi connectivity index (χ0n) is 30.6. The molecule has 0 aliphatic rings. The molecule has 0 spiro atoms. The first-order valence-electron chi connectivity index (χ1n) is 18.1. The lowest BCUT2D eigenvalue weighted by Crippen LogP contribution is -1.98. The molecule has 0 N–H and O–H groups in total. The number of aromatic nitrogens is 2. The Bertz CT molecular complexity index is 2650. The molecule has 0 saturated heterocycles. The van der Waals surface area contributed by atoms with Crippen molar-refractivity contribution in [1.82, 2.24) is 9.97 Å². The number of aryl methyl sites for hydroxylation is 6. The molecule has 52 heavy (non-hydrogen) atoms. The number of benzene rings is 7. The van der Waals surface area contributed by atoms with E-state index in [0.29, 0.717) is 0 Å². The van der Waals surface area contributed by atoms with Crippen molar-refractivity contribution in [3.05, 3.63) is 167 Å². The predicted octanol–water partition coefficient (Wildman–Crippen LogP) is 13.6. The largest absolute Gasteiger partial charge is 0.261 e. The van der Waals surface area contributed by atoms with Gasteiger partial charge in [-0.15, -0.1) is 0 Å². The first kappa shape index (κ1) is 31.8. The van der Waals surface area contributed by atoms with Crippen molar-refractivity contribution < 1.29 is 0 Å². The molecule has 7 aromatic carbocycles. The predicted molar refractivity (Wildman–Crippen MR) is 221 cm³/mol. The van der Waals surface area contributed by atoms with Crippen LogP contribution in [0.3, 0.4) is 0 Å². The minimum absolute atomic E-state index is 1.02. The Hall–Kier alpha value is -6.12. The molecule has 9 aromatic rings. The summed E-state index contributed by atoms with van der Waals surface area (Å²) in [5.74, 6) is 0. The molecule has 2 nitrogen and oxygen atoms in total. The van der Waals surface area contributed by atoms with Gasteiger partial charge in [-0.3, -0.25) is 9.97 Å². The number of hydrogen-bond acceptors (Lipinski definition) is 2. The highest BCUT2D eigenvalue weighted by Crippen LogP contribution is 2.51. The van der Waals surface area contributed by atoms with Crippen LogP contribution in [0.15, 0.2) is 134 Å². The third-order valence-electron chi connectivity index (χ3n) is 10.8. The van der Waals surface area contributed by atoms with Crippen molar-refractivity contribution in [2.24, 2.45) is 0 Å². The van der Waals surface area contributed by atoms with Crippen molar-refractivity contribution in [3.8, 4) is 55.6 Å². The van der Waals surface area contributed by atoms with Gasteiger partial charge >= 0.3 is 0 Å². The quantitative estimate of drug-likeness (QED) is 0.171. The van der Waals surface area contributed by atoms with Crippen LogP contribution in [-0.2, 0) is 0 Å². The van der Waals surface area contributed by atoms with Gasteiger partial charge in [-0.1, -0.05) is 90.0 Å². The summed E-state index contributed by atoms with van der Waals surface area (Å²) in [6, 6.07) is 45.3. The molecular formula is C50H40N2. The van der Waals surface area contributed by atoms with Gasteiger partial charge in [-0.05, 0) is 172 Å². The first-order valence-corrected chi connectivity index (χ1v) is 18.1. The SMILES string of the molecule is Cc1cc(C)cc(-c2cc3c(-c4ccccc4)cc4c(-c5cnc(C)cc5C)cc(-c5cnc(C)cc5C)c5cc(-c6ccccc6)c(c2)c3c45)c1. The van der Waals surface area contributed by atoms with E-state index < -0.39 is 0 Å². The second kappa shape index (κ2) is 12.3. The van der Waals surface area contributed by atoms with Gasteiger partial charge in [0.1, 0.15) is 0 Å². The molecule has 0 radical (unpaired) electrons. The fourth-order valence-corrected chi connectivity index (χ4v) is 8.49. The third kappa shape index (κ3) is 5.26. The summed E-state index contributed by atoms with van der Waals surface area (Å²) >= 11 is 0. The smallest absolute Gasteiger partial charge is 0.0375 e. The van der Waals surface area contributed by atoms with E-state index in [9.17, 15) is 0 Å². The Morgan fingerprint density at radius 3 is 1.15 bits per heavy atom. The molecule has 0 fully saturated rings. The maximum absolute atomic E-state index is 4.84. The van der Waals surface area contributed by atoms with E-state index in [4.69, 9.17) is 9.97 Å². The molecule has 0 saturated carbocycles. The Morgan fingerprint density at radius 2 is 0.731 bits per heavy atom. The lowest BCUT2D eigenvalue weighted by atomic mass is 9.79. The molecule has 0 unspecified atom stereocenters. The van der Waals surface area contributed by atoms with Crippen LogP contribution < -0.4 is 0 Å². The summed E-state index contributed by atoms with van der Waals surface area (Å²) in [5.41, 5.74) is 19.1. The van der Waals surface area contributed by atoms with Gasteiger partial charge in [-0.2, -0.15) is 0 Å². The molecule has 0 amide bonds. The van der Waals surface area contributed by atoms with E-state index in [-0.39, 0.29) is 0 Å². The van der Waals surface area contributed by atoms with Crippen LogP contribution in [0.1, 0.15) is 33.6 Å². The van der Waals surface area contributed by atoms with Gasteiger partial charge in [0.05, 0.1) is 0 Å². The Kier molecular flexibility index (Phi) is 7.52. The maximum atomic E-state index is 4.84. The minimum atomic E-state index is 1.02. The lowest BCUT2D eigenvalue weighted by molar-refractivity contribution is 1.18. The third-order valence-corrected chi connectivity index (χ3v) is 10.8. The highest BCUT2D eigenvalue weighted by Gasteiger charge is 2.24. The van der Waals surface area contributed by atoms with Crippen molar-refractivity contribution in [1.29, 1.82) is 0 Å². The van der Waals surface area contributed by atoms with Gasteiger partial charge in [0.25, 0.3) is 0 Å². The molecular weight excluding hydrogens is 629 g/mol. The van der Waals surface area contributed by atoms with Gasteiger partial charge < -0.3 is 0 Å². The van der Waals surface area contributed by atoms with Gasteiger partial charge in [0, 0.05) is 34.9 Å². The Labute approximate surface area is 305 Å². The van der Waals surface area contributed by atoms with E-state index >= 15 is 0 Å². The second-order valence-corrected chi connectivity index (χ2v) is 14.6. The van der Waals surface area contributed by atoms with Crippen molar-refractivity contribution in [2.75, 3.05) is 0 Å². The zero-order chi connectivity index (χ0) is 35.7. The van der Waals surface area contributed by atoms with Crippen LogP contribution in [0.2, 0.25) is 0 Å². The summed E-state index contributed by atoms with van der Waals surface area (Å²) in [5, 5.41) is 7.56. The van der Waals surface area contributed by atoms with Crippen molar-refractivity contribution >= 4 is 32.3 Å². The molecule has 2 heteroatoms. The first-order chi connectivity index (χ1) is 25.2. The molecule has 2 heterocycles. The van der Waals surface area contributed by atoms with Gasteiger partial charge in [0.2, 0.25) is 0 Å². The van der Waals surface area contributed by atoms with Crippen molar-refractivity contribution in [3.63, 3.8) is 0 Å². The van der Waals surface area contributed by atoms with E-state index in [0.717, 1.165) is 22.5 Å². The number of pyridine rings is 2. The molecule has 0 aliphatic heterocycles. The van der Waals surface area contributed by atoms with Crippen LogP contribution >= 0.6 is 0 Å². The normalized spacial score (nSPS) is 11.7. The van der Waals surface area contributed by atoms with Crippen LogP contribution in [0.5, 0.6) is 0 Å². The monoisotopic (exact) mass is 668 g/mol. The summed E-state index contributed by atoms with van der Waals surface area (Å²) in [7, 11) is 0. The van der Waals surface area contributed by atoms with Crippen molar-refractivity contribution in [2.45, 2.75) is 41.5 Å². The Morgan fingerprint density at radius 1 is 0.327 bits per heavy atom. The average molecular weight is 669 g/mol. The molecule has 2 aromatic heterocycles. The van der Waals surface area contributed by atoms with Crippen LogP contribution in [0, 0.1) is 41.5 Å². The summed E-state index contributed by atoms with van der Waals surface area (Å²) < 4.78 is 0. The fourth-order valence-electron chi connectivity index (χ4n) is 8.49. The Balaban J connectivity index is 1.55. The highest BCUT2D eigenvalue weighted by molar-refractivity contribution is 6.33. The second-order valence-electron chi connectivity index (χ2n) is 14.6. The summed E-state index contributed by atoms with van der Waals surface area (Å²) in [6.45, 7) is 12.9. The molecule has 0 atom stereocenters.